The summed E-state index contributed by atoms with van der Waals surface area (Å²) in [5.74, 6) is 0. The van der Waals surface area contributed by atoms with Gasteiger partial charge in [0.05, 0.1) is 18.6 Å². The first kappa shape index (κ1) is 12.0. The molecule has 0 aliphatic heterocycles. The van der Waals surface area contributed by atoms with E-state index in [0.29, 0.717) is 0 Å². The van der Waals surface area contributed by atoms with Crippen molar-refractivity contribution in [2.75, 3.05) is 0 Å². The second-order valence-electron chi connectivity index (χ2n) is 5.08. The van der Waals surface area contributed by atoms with Crippen LogP contribution >= 0.6 is 0 Å². The van der Waals surface area contributed by atoms with Crippen molar-refractivity contribution in [2.24, 2.45) is 0 Å². The zero-order valence-corrected chi connectivity index (χ0v) is 11.5. The highest BCUT2D eigenvalue weighted by Crippen LogP contribution is 2.18. The molecule has 3 aromatic rings. The van der Waals surface area contributed by atoms with Gasteiger partial charge in [-0.1, -0.05) is 19.1 Å². The molecule has 0 aliphatic carbocycles. The summed E-state index contributed by atoms with van der Waals surface area (Å²) < 4.78 is 4.53. The van der Waals surface area contributed by atoms with Crippen LogP contribution in [0.4, 0.5) is 0 Å². The summed E-state index contributed by atoms with van der Waals surface area (Å²) in [6.45, 7) is 6.25. The molecule has 0 unspecified atom stereocenters. The van der Waals surface area contributed by atoms with Gasteiger partial charge in [-0.3, -0.25) is 0 Å². The summed E-state index contributed by atoms with van der Waals surface area (Å²) in [4.78, 5) is 4.27. The van der Waals surface area contributed by atoms with Gasteiger partial charge < -0.3 is 9.13 Å². The molecular weight excluding hydrogens is 234 g/mol. The number of hydrogen-bond acceptors (Lipinski definition) is 1. The van der Waals surface area contributed by atoms with E-state index in [1.165, 1.54) is 22.2 Å². The lowest BCUT2D eigenvalue weighted by atomic mass is 10.2. The van der Waals surface area contributed by atoms with Crippen molar-refractivity contribution in [3.8, 4) is 0 Å². The zero-order valence-electron chi connectivity index (χ0n) is 11.5. The molecule has 2 aromatic heterocycles. The van der Waals surface area contributed by atoms with Crippen molar-refractivity contribution < 1.29 is 0 Å². The Kier molecular flexibility index (Phi) is 3.11. The van der Waals surface area contributed by atoms with Crippen LogP contribution in [0.5, 0.6) is 0 Å². The molecule has 3 rings (SSSR count). The third kappa shape index (κ3) is 2.28. The number of fused-ring (bicyclic) bond motifs is 1. The first-order chi connectivity index (χ1) is 9.28. The second-order valence-corrected chi connectivity index (χ2v) is 5.08. The molecule has 0 bridgehead atoms. The highest BCUT2D eigenvalue weighted by Gasteiger charge is 2.05. The second kappa shape index (κ2) is 4.92. The summed E-state index contributed by atoms with van der Waals surface area (Å²) in [6.07, 6.45) is 7.19. The standard InChI is InChI=1S/C16H19N3/c1-3-7-19-12-17-10-15(19)11-18-8-6-14-5-4-13(2)9-16(14)18/h4-6,8-10,12H,3,7,11H2,1-2H3. The molecule has 0 saturated heterocycles. The van der Waals surface area contributed by atoms with Crippen molar-refractivity contribution in [3.05, 3.63) is 54.2 Å². The van der Waals surface area contributed by atoms with E-state index in [2.05, 4.69) is 58.4 Å². The number of benzene rings is 1. The maximum absolute atomic E-state index is 4.27. The van der Waals surface area contributed by atoms with Crippen molar-refractivity contribution in [2.45, 2.75) is 33.4 Å². The average Bonchev–Trinajstić information content (AvgIpc) is 2.99. The number of rotatable bonds is 4. The Morgan fingerprint density at radius 3 is 2.89 bits per heavy atom. The highest BCUT2D eigenvalue weighted by atomic mass is 15.1. The van der Waals surface area contributed by atoms with Gasteiger partial charge >= 0.3 is 0 Å². The Balaban J connectivity index is 1.96. The first-order valence-corrected chi connectivity index (χ1v) is 6.82. The van der Waals surface area contributed by atoms with Crippen LogP contribution in [-0.2, 0) is 13.1 Å². The smallest absolute Gasteiger partial charge is 0.0948 e. The minimum absolute atomic E-state index is 0.882. The van der Waals surface area contributed by atoms with Crippen molar-refractivity contribution >= 4 is 10.9 Å². The van der Waals surface area contributed by atoms with Crippen LogP contribution in [0.1, 0.15) is 24.6 Å². The fourth-order valence-electron chi connectivity index (χ4n) is 2.53. The van der Waals surface area contributed by atoms with Gasteiger partial charge in [0.15, 0.2) is 0 Å². The van der Waals surface area contributed by atoms with Gasteiger partial charge in [-0.2, -0.15) is 0 Å². The van der Waals surface area contributed by atoms with Crippen molar-refractivity contribution in [1.82, 2.24) is 14.1 Å². The quantitative estimate of drug-likeness (QED) is 0.696. The predicted octanol–water partition coefficient (Wildman–Crippen LogP) is 3.60. The fourth-order valence-corrected chi connectivity index (χ4v) is 2.53. The lowest BCUT2D eigenvalue weighted by molar-refractivity contribution is 0.629. The van der Waals surface area contributed by atoms with Crippen LogP contribution in [-0.4, -0.2) is 14.1 Å². The van der Waals surface area contributed by atoms with E-state index in [1.807, 2.05) is 12.5 Å². The van der Waals surface area contributed by atoms with E-state index < -0.39 is 0 Å². The number of hydrogen-bond donors (Lipinski definition) is 0. The molecule has 3 heteroatoms. The predicted molar refractivity (Wildman–Crippen MR) is 78.3 cm³/mol. The molecule has 0 saturated carbocycles. The molecule has 0 spiro atoms. The van der Waals surface area contributed by atoms with E-state index in [1.54, 1.807) is 0 Å². The van der Waals surface area contributed by atoms with Gasteiger partial charge in [0, 0.05) is 24.5 Å². The number of aryl methyl sites for hydroxylation is 2. The third-order valence-electron chi connectivity index (χ3n) is 3.52. The lowest BCUT2D eigenvalue weighted by Gasteiger charge is -2.09. The van der Waals surface area contributed by atoms with Crippen LogP contribution in [0.2, 0.25) is 0 Å². The molecule has 3 nitrogen and oxygen atoms in total. The van der Waals surface area contributed by atoms with Crippen LogP contribution in [0, 0.1) is 6.92 Å². The number of imidazole rings is 1. The molecule has 98 valence electrons. The minimum Gasteiger partial charge on any atom is -0.341 e. The molecule has 0 aliphatic rings. The van der Waals surface area contributed by atoms with Gasteiger partial charge in [-0.25, -0.2) is 4.98 Å². The highest BCUT2D eigenvalue weighted by molar-refractivity contribution is 5.80. The van der Waals surface area contributed by atoms with Crippen LogP contribution < -0.4 is 0 Å². The molecule has 2 heterocycles. The summed E-state index contributed by atoms with van der Waals surface area (Å²) >= 11 is 0. The third-order valence-corrected chi connectivity index (χ3v) is 3.52. The average molecular weight is 253 g/mol. The van der Waals surface area contributed by atoms with Crippen molar-refractivity contribution in [3.63, 3.8) is 0 Å². The molecule has 0 N–H and O–H groups in total. The SMILES string of the molecule is CCCn1cncc1Cn1ccc2ccc(C)cc21. The molecule has 0 amide bonds. The largest absolute Gasteiger partial charge is 0.341 e. The maximum Gasteiger partial charge on any atom is 0.0948 e. The Morgan fingerprint density at radius 2 is 2.05 bits per heavy atom. The van der Waals surface area contributed by atoms with E-state index in [4.69, 9.17) is 0 Å². The Hall–Kier alpha value is -2.03. The molecule has 0 fully saturated rings. The zero-order chi connectivity index (χ0) is 13.2. The first-order valence-electron chi connectivity index (χ1n) is 6.82. The topological polar surface area (TPSA) is 22.8 Å². The lowest BCUT2D eigenvalue weighted by Crippen LogP contribution is -2.06. The van der Waals surface area contributed by atoms with Gasteiger partial charge in [-0.05, 0) is 36.4 Å². The van der Waals surface area contributed by atoms with Crippen LogP contribution in [0.25, 0.3) is 10.9 Å². The van der Waals surface area contributed by atoms with E-state index in [9.17, 15) is 0 Å². The maximum atomic E-state index is 4.27. The van der Waals surface area contributed by atoms with E-state index in [-0.39, 0.29) is 0 Å². The van der Waals surface area contributed by atoms with Crippen LogP contribution in [0.3, 0.4) is 0 Å². The Labute approximate surface area is 113 Å². The number of nitrogens with zero attached hydrogens (tertiary/aromatic N) is 3. The monoisotopic (exact) mass is 253 g/mol. The van der Waals surface area contributed by atoms with E-state index in [0.717, 1.165) is 19.5 Å². The fraction of sp³-hybridized carbons (Fsp3) is 0.312. The molecule has 19 heavy (non-hydrogen) atoms. The molecule has 0 radical (unpaired) electrons. The van der Waals surface area contributed by atoms with Crippen LogP contribution in [0.15, 0.2) is 43.0 Å². The molecule has 0 atom stereocenters. The Morgan fingerprint density at radius 1 is 1.16 bits per heavy atom. The molecular formula is C16H19N3. The van der Waals surface area contributed by atoms with Gasteiger partial charge in [0.1, 0.15) is 0 Å². The van der Waals surface area contributed by atoms with E-state index >= 15 is 0 Å². The minimum atomic E-state index is 0.882. The van der Waals surface area contributed by atoms with Crippen molar-refractivity contribution in [1.29, 1.82) is 0 Å². The van der Waals surface area contributed by atoms with Gasteiger partial charge in [-0.15, -0.1) is 0 Å². The summed E-state index contributed by atoms with van der Waals surface area (Å²) in [7, 11) is 0. The van der Waals surface area contributed by atoms with Gasteiger partial charge in [0.25, 0.3) is 0 Å². The Bertz CT molecular complexity index is 691. The normalized spacial score (nSPS) is 11.3. The number of aromatic nitrogens is 3. The summed E-state index contributed by atoms with van der Waals surface area (Å²) in [6, 6.07) is 8.77. The molecule has 1 aromatic carbocycles. The van der Waals surface area contributed by atoms with Gasteiger partial charge in [0.2, 0.25) is 0 Å². The summed E-state index contributed by atoms with van der Waals surface area (Å²) in [5, 5.41) is 1.30. The summed E-state index contributed by atoms with van der Waals surface area (Å²) in [5.41, 5.74) is 3.86.